The van der Waals surface area contributed by atoms with Crippen molar-refractivity contribution < 1.29 is 0 Å². The van der Waals surface area contributed by atoms with Gasteiger partial charge in [-0.25, -0.2) is 0 Å². The third-order valence-electron chi connectivity index (χ3n) is 1.85. The minimum atomic E-state index is 0. The Morgan fingerprint density at radius 3 is 3.18 bits per heavy atom. The Bertz CT molecular complexity index is 220. The molecule has 0 unspecified atom stereocenters. The summed E-state index contributed by atoms with van der Waals surface area (Å²) in [7, 11) is 1.97. The zero-order valence-electron chi connectivity index (χ0n) is 6.50. The molecule has 62 valence electrons. The summed E-state index contributed by atoms with van der Waals surface area (Å²) in [6.45, 7) is 2.06. The van der Waals surface area contributed by atoms with E-state index in [0.29, 0.717) is 0 Å². The summed E-state index contributed by atoms with van der Waals surface area (Å²) in [6, 6.07) is 0. The second kappa shape index (κ2) is 3.24. The maximum Gasteiger partial charge on any atom is 0.0682 e. The van der Waals surface area contributed by atoms with Crippen LogP contribution in [-0.2, 0) is 20.0 Å². The number of halogens is 1. The minimum absolute atomic E-state index is 0. The highest BCUT2D eigenvalue weighted by Crippen LogP contribution is 2.09. The number of nitrogens with zero attached hydrogens (tertiary/aromatic N) is 2. The number of nitrogens with one attached hydrogen (secondary N) is 1. The monoisotopic (exact) mass is 173 g/mol. The normalized spacial score (nSPS) is 15.4. The number of aromatic nitrogens is 2. The molecule has 3 nitrogen and oxygen atoms in total. The average Bonchev–Trinajstić information content (AvgIpc) is 2.27. The Balaban J connectivity index is 0.000000605. The standard InChI is InChI=1S/C7H11N3.ClH/c1-10-5-6-4-8-3-2-7(6)9-10;/h5,8H,2-4H2,1H3;1H. The SMILES string of the molecule is Cl.Cn1cc2c(n1)CCNC2. The van der Waals surface area contributed by atoms with Crippen molar-refractivity contribution in [1.29, 1.82) is 0 Å². The van der Waals surface area contributed by atoms with E-state index in [1.807, 2.05) is 11.7 Å². The molecule has 0 aliphatic carbocycles. The van der Waals surface area contributed by atoms with Gasteiger partial charge in [0.2, 0.25) is 0 Å². The van der Waals surface area contributed by atoms with E-state index in [1.54, 1.807) is 0 Å². The lowest BCUT2D eigenvalue weighted by Gasteiger charge is -2.09. The molecule has 0 spiro atoms. The van der Waals surface area contributed by atoms with Crippen LogP contribution < -0.4 is 5.32 Å². The summed E-state index contributed by atoms with van der Waals surface area (Å²) in [5, 5.41) is 7.63. The quantitative estimate of drug-likeness (QED) is 0.619. The third-order valence-corrected chi connectivity index (χ3v) is 1.85. The van der Waals surface area contributed by atoms with Crippen LogP contribution in [-0.4, -0.2) is 16.3 Å². The molecule has 0 saturated carbocycles. The molecule has 2 heterocycles. The summed E-state index contributed by atoms with van der Waals surface area (Å²) in [5.74, 6) is 0. The van der Waals surface area contributed by atoms with Gasteiger partial charge in [-0.1, -0.05) is 0 Å². The largest absolute Gasteiger partial charge is 0.312 e. The van der Waals surface area contributed by atoms with E-state index in [4.69, 9.17) is 0 Å². The van der Waals surface area contributed by atoms with Crippen molar-refractivity contribution in [3.05, 3.63) is 17.5 Å². The Kier molecular flexibility index (Phi) is 2.52. The molecule has 0 fully saturated rings. The number of hydrogen-bond donors (Lipinski definition) is 1. The van der Waals surface area contributed by atoms with Gasteiger partial charge in [0.1, 0.15) is 0 Å². The van der Waals surface area contributed by atoms with Gasteiger partial charge in [-0.2, -0.15) is 5.10 Å². The lowest BCUT2D eigenvalue weighted by Crippen LogP contribution is -2.22. The molecule has 0 aromatic carbocycles. The molecule has 1 aromatic heterocycles. The van der Waals surface area contributed by atoms with E-state index >= 15 is 0 Å². The van der Waals surface area contributed by atoms with Crippen LogP contribution in [0.5, 0.6) is 0 Å². The van der Waals surface area contributed by atoms with Gasteiger partial charge in [0.25, 0.3) is 0 Å². The van der Waals surface area contributed by atoms with Gasteiger partial charge in [-0.3, -0.25) is 4.68 Å². The van der Waals surface area contributed by atoms with Gasteiger partial charge in [0.15, 0.2) is 0 Å². The highest BCUT2D eigenvalue weighted by atomic mass is 35.5. The fourth-order valence-corrected chi connectivity index (χ4v) is 1.37. The summed E-state index contributed by atoms with van der Waals surface area (Å²) in [5.41, 5.74) is 2.62. The van der Waals surface area contributed by atoms with E-state index in [-0.39, 0.29) is 12.4 Å². The first-order valence-electron chi connectivity index (χ1n) is 3.58. The topological polar surface area (TPSA) is 29.9 Å². The van der Waals surface area contributed by atoms with E-state index in [0.717, 1.165) is 19.5 Å². The van der Waals surface area contributed by atoms with Crippen LogP contribution >= 0.6 is 12.4 Å². The lowest BCUT2D eigenvalue weighted by molar-refractivity contribution is 0.632. The number of hydrogen-bond acceptors (Lipinski definition) is 2. The summed E-state index contributed by atoms with van der Waals surface area (Å²) in [6.07, 6.45) is 3.16. The second-order valence-electron chi connectivity index (χ2n) is 2.70. The van der Waals surface area contributed by atoms with Crippen LogP contribution in [0.4, 0.5) is 0 Å². The molecule has 0 saturated heterocycles. The molecule has 0 amide bonds. The van der Waals surface area contributed by atoms with E-state index < -0.39 is 0 Å². The average molecular weight is 174 g/mol. The van der Waals surface area contributed by atoms with Crippen LogP contribution in [0.15, 0.2) is 6.20 Å². The molecule has 1 aliphatic rings. The van der Waals surface area contributed by atoms with Gasteiger partial charge in [0.05, 0.1) is 5.69 Å². The number of fused-ring (bicyclic) bond motifs is 1. The van der Waals surface area contributed by atoms with Crippen molar-refractivity contribution in [2.75, 3.05) is 6.54 Å². The molecule has 1 aliphatic heterocycles. The predicted molar refractivity (Wildman–Crippen MR) is 45.9 cm³/mol. The first kappa shape index (κ1) is 8.56. The highest BCUT2D eigenvalue weighted by Gasteiger charge is 2.10. The van der Waals surface area contributed by atoms with Crippen LogP contribution in [0, 0.1) is 0 Å². The van der Waals surface area contributed by atoms with Crippen molar-refractivity contribution in [3.8, 4) is 0 Å². The van der Waals surface area contributed by atoms with Gasteiger partial charge >= 0.3 is 0 Å². The molecule has 1 aromatic rings. The predicted octanol–water partition coefficient (Wildman–Crippen LogP) is 0.488. The first-order chi connectivity index (χ1) is 4.86. The van der Waals surface area contributed by atoms with E-state index in [9.17, 15) is 0 Å². The summed E-state index contributed by atoms with van der Waals surface area (Å²) in [4.78, 5) is 0. The maximum absolute atomic E-state index is 4.33. The van der Waals surface area contributed by atoms with Gasteiger partial charge in [-0.05, 0) is 0 Å². The maximum atomic E-state index is 4.33. The molecule has 1 N–H and O–H groups in total. The Hall–Kier alpha value is -0.540. The summed E-state index contributed by atoms with van der Waals surface area (Å²) >= 11 is 0. The smallest absolute Gasteiger partial charge is 0.0682 e. The van der Waals surface area contributed by atoms with Crippen LogP contribution in [0.25, 0.3) is 0 Å². The molecule has 4 heteroatoms. The number of rotatable bonds is 0. The van der Waals surface area contributed by atoms with E-state index in [1.165, 1.54) is 11.3 Å². The fourth-order valence-electron chi connectivity index (χ4n) is 1.37. The molecule has 2 rings (SSSR count). The van der Waals surface area contributed by atoms with Crippen LogP contribution in [0.2, 0.25) is 0 Å². The molecular weight excluding hydrogens is 162 g/mol. The Morgan fingerprint density at radius 1 is 1.64 bits per heavy atom. The summed E-state index contributed by atoms with van der Waals surface area (Å²) < 4.78 is 1.89. The van der Waals surface area contributed by atoms with E-state index in [2.05, 4.69) is 16.6 Å². The zero-order chi connectivity index (χ0) is 6.97. The van der Waals surface area contributed by atoms with Crippen LogP contribution in [0.1, 0.15) is 11.3 Å². The van der Waals surface area contributed by atoms with Gasteiger partial charge in [0, 0.05) is 38.3 Å². The fraction of sp³-hybridized carbons (Fsp3) is 0.571. The molecule has 0 atom stereocenters. The van der Waals surface area contributed by atoms with Crippen molar-refractivity contribution in [3.63, 3.8) is 0 Å². The molecule has 11 heavy (non-hydrogen) atoms. The van der Waals surface area contributed by atoms with Crippen molar-refractivity contribution >= 4 is 12.4 Å². The minimum Gasteiger partial charge on any atom is -0.312 e. The van der Waals surface area contributed by atoms with Gasteiger partial charge < -0.3 is 5.32 Å². The van der Waals surface area contributed by atoms with Crippen molar-refractivity contribution in [1.82, 2.24) is 15.1 Å². The third kappa shape index (κ3) is 1.54. The second-order valence-corrected chi connectivity index (χ2v) is 2.70. The number of aryl methyl sites for hydroxylation is 1. The van der Waals surface area contributed by atoms with Crippen molar-refractivity contribution in [2.24, 2.45) is 7.05 Å². The zero-order valence-corrected chi connectivity index (χ0v) is 7.32. The molecule has 0 radical (unpaired) electrons. The van der Waals surface area contributed by atoms with Crippen molar-refractivity contribution in [2.45, 2.75) is 13.0 Å². The Labute approximate surface area is 72.2 Å². The lowest BCUT2D eigenvalue weighted by atomic mass is 10.1. The molecule has 0 bridgehead atoms. The first-order valence-corrected chi connectivity index (χ1v) is 3.58. The molecular formula is C7H12ClN3. The van der Waals surface area contributed by atoms with Gasteiger partial charge in [-0.15, -0.1) is 12.4 Å². The van der Waals surface area contributed by atoms with Crippen LogP contribution in [0.3, 0.4) is 0 Å². The highest BCUT2D eigenvalue weighted by molar-refractivity contribution is 5.85. The Morgan fingerprint density at radius 2 is 2.45 bits per heavy atom.